The highest BCUT2D eigenvalue weighted by molar-refractivity contribution is 5.86. The largest absolute Gasteiger partial charge is 0.504 e. The molecule has 0 bridgehead atoms. The fourth-order valence-electron chi connectivity index (χ4n) is 3.71. The molecule has 1 heterocycles. The average Bonchev–Trinajstić information content (AvgIpc) is 2.76. The summed E-state index contributed by atoms with van der Waals surface area (Å²) in [4.78, 5) is 2.49. The van der Waals surface area contributed by atoms with Gasteiger partial charge in [0.15, 0.2) is 11.5 Å². The van der Waals surface area contributed by atoms with Gasteiger partial charge >= 0.3 is 0 Å². The molecular weight excluding hydrogens is 398 g/mol. The molecule has 0 aliphatic carbocycles. The monoisotopic (exact) mass is 425 g/mol. The maximum atomic E-state index is 9.81. The third-order valence-corrected chi connectivity index (χ3v) is 5.28. The summed E-state index contributed by atoms with van der Waals surface area (Å²) >= 11 is 0. The Hall–Kier alpha value is -2.76. The predicted molar refractivity (Wildman–Crippen MR) is 125 cm³/mol. The third kappa shape index (κ3) is 5.23. The number of ether oxygens (including phenoxy) is 1. The second kappa shape index (κ2) is 10.3. The maximum Gasteiger partial charge on any atom is 0.161 e. The minimum atomic E-state index is 0. The van der Waals surface area contributed by atoms with Crippen molar-refractivity contribution in [2.45, 2.75) is 13.5 Å². The van der Waals surface area contributed by atoms with Crippen molar-refractivity contribution in [3.05, 3.63) is 71.8 Å². The van der Waals surface area contributed by atoms with Crippen molar-refractivity contribution < 1.29 is 9.84 Å². The molecule has 0 radical (unpaired) electrons. The lowest BCUT2D eigenvalue weighted by atomic mass is 10.0. The average molecular weight is 426 g/mol. The molecule has 3 aromatic carbocycles. The summed E-state index contributed by atoms with van der Waals surface area (Å²) in [6.45, 7) is 7.16. The summed E-state index contributed by atoms with van der Waals surface area (Å²) in [5, 5.41) is 19.2. The van der Waals surface area contributed by atoms with E-state index in [4.69, 9.17) is 4.74 Å². The van der Waals surface area contributed by atoms with Crippen LogP contribution in [0.1, 0.15) is 18.1 Å². The first-order valence-electron chi connectivity index (χ1n) is 10.2. The number of benzene rings is 3. The second-order valence-electron chi connectivity index (χ2n) is 7.27. The van der Waals surface area contributed by atoms with E-state index in [9.17, 15) is 5.11 Å². The molecule has 30 heavy (non-hydrogen) atoms. The first kappa shape index (κ1) is 21.9. The number of phenolic OH excluding ortho intramolecular Hbond substituents is 1. The number of aromatic hydroxyl groups is 1. The molecular formula is C24H28ClN3O2. The Morgan fingerprint density at radius 3 is 2.57 bits per heavy atom. The van der Waals surface area contributed by atoms with Gasteiger partial charge in [0.25, 0.3) is 0 Å². The van der Waals surface area contributed by atoms with Gasteiger partial charge in [-0.2, -0.15) is 5.10 Å². The predicted octanol–water partition coefficient (Wildman–Crippen LogP) is 4.52. The van der Waals surface area contributed by atoms with Crippen LogP contribution in [-0.4, -0.2) is 54.0 Å². The van der Waals surface area contributed by atoms with Crippen LogP contribution in [0.4, 0.5) is 0 Å². The van der Waals surface area contributed by atoms with Crippen LogP contribution < -0.4 is 4.74 Å². The maximum absolute atomic E-state index is 9.81. The third-order valence-electron chi connectivity index (χ3n) is 5.28. The smallest absolute Gasteiger partial charge is 0.161 e. The molecule has 6 heteroatoms. The summed E-state index contributed by atoms with van der Waals surface area (Å²) in [7, 11) is 0. The SMILES string of the molecule is CCOc1cc(C=NN2CCN(Cc3cccc4ccccc34)CC2)ccc1O.Cl. The summed E-state index contributed by atoms with van der Waals surface area (Å²) in [5.41, 5.74) is 2.30. The van der Waals surface area contributed by atoms with E-state index in [1.165, 1.54) is 16.3 Å². The van der Waals surface area contributed by atoms with Crippen LogP contribution in [0.15, 0.2) is 65.8 Å². The van der Waals surface area contributed by atoms with Gasteiger partial charge in [0.1, 0.15) is 0 Å². The fourth-order valence-corrected chi connectivity index (χ4v) is 3.71. The summed E-state index contributed by atoms with van der Waals surface area (Å²) in [5.74, 6) is 0.655. The minimum absolute atomic E-state index is 0. The van der Waals surface area contributed by atoms with Gasteiger partial charge in [0.2, 0.25) is 0 Å². The van der Waals surface area contributed by atoms with Gasteiger partial charge < -0.3 is 9.84 Å². The van der Waals surface area contributed by atoms with E-state index in [2.05, 4.69) is 57.5 Å². The molecule has 0 aromatic heterocycles. The van der Waals surface area contributed by atoms with Crippen LogP contribution in [-0.2, 0) is 6.54 Å². The van der Waals surface area contributed by atoms with Crippen molar-refractivity contribution in [2.24, 2.45) is 5.10 Å². The molecule has 1 fully saturated rings. The molecule has 0 saturated carbocycles. The van der Waals surface area contributed by atoms with E-state index in [-0.39, 0.29) is 18.2 Å². The van der Waals surface area contributed by atoms with Crippen molar-refractivity contribution in [2.75, 3.05) is 32.8 Å². The lowest BCUT2D eigenvalue weighted by Crippen LogP contribution is -2.43. The van der Waals surface area contributed by atoms with Gasteiger partial charge in [0.05, 0.1) is 12.8 Å². The standard InChI is InChI=1S/C24H27N3O2.ClH/c1-2-29-24-16-19(10-11-23(24)28)17-25-27-14-12-26(13-15-27)18-21-8-5-7-20-6-3-4-9-22(20)21;/h3-11,16-17,28H,2,12-15,18H2,1H3;1H. The summed E-state index contributed by atoms with van der Waals surface area (Å²) in [6, 6.07) is 20.4. The normalized spacial score (nSPS) is 14.8. The van der Waals surface area contributed by atoms with Crippen LogP contribution in [0.25, 0.3) is 10.8 Å². The number of nitrogens with zero attached hydrogens (tertiary/aromatic N) is 3. The van der Waals surface area contributed by atoms with E-state index in [0.29, 0.717) is 12.4 Å². The van der Waals surface area contributed by atoms with Crippen molar-refractivity contribution >= 4 is 29.4 Å². The first-order valence-corrected chi connectivity index (χ1v) is 10.2. The van der Waals surface area contributed by atoms with Gasteiger partial charge in [-0.05, 0) is 47.0 Å². The zero-order valence-electron chi connectivity index (χ0n) is 17.2. The van der Waals surface area contributed by atoms with E-state index in [1.54, 1.807) is 6.07 Å². The molecule has 0 amide bonds. The number of hydrogen-bond donors (Lipinski definition) is 1. The number of phenols is 1. The van der Waals surface area contributed by atoms with Crippen LogP contribution in [0.2, 0.25) is 0 Å². The quantitative estimate of drug-likeness (QED) is 0.590. The number of halogens is 1. The number of rotatable bonds is 6. The Kier molecular flexibility index (Phi) is 7.55. The van der Waals surface area contributed by atoms with Gasteiger partial charge in [-0.1, -0.05) is 42.5 Å². The molecule has 0 atom stereocenters. The highest BCUT2D eigenvalue weighted by atomic mass is 35.5. The molecule has 0 unspecified atom stereocenters. The summed E-state index contributed by atoms with van der Waals surface area (Å²) in [6.07, 6.45) is 1.84. The highest BCUT2D eigenvalue weighted by Gasteiger charge is 2.16. The molecule has 158 valence electrons. The van der Waals surface area contributed by atoms with Crippen LogP contribution in [0.5, 0.6) is 11.5 Å². The van der Waals surface area contributed by atoms with Gasteiger partial charge in [-0.25, -0.2) is 0 Å². The van der Waals surface area contributed by atoms with Crippen molar-refractivity contribution in [1.82, 2.24) is 9.91 Å². The number of hydrogen-bond acceptors (Lipinski definition) is 5. The fraction of sp³-hybridized carbons (Fsp3) is 0.292. The Morgan fingerprint density at radius 1 is 1.00 bits per heavy atom. The molecule has 1 saturated heterocycles. The van der Waals surface area contributed by atoms with Crippen molar-refractivity contribution in [3.8, 4) is 11.5 Å². The highest BCUT2D eigenvalue weighted by Crippen LogP contribution is 2.26. The molecule has 3 aromatic rings. The Morgan fingerprint density at radius 2 is 1.77 bits per heavy atom. The molecule has 1 N–H and O–H groups in total. The van der Waals surface area contributed by atoms with Gasteiger partial charge in [0, 0.05) is 32.7 Å². The Bertz CT molecular complexity index is 995. The molecule has 1 aliphatic heterocycles. The number of hydrazone groups is 1. The number of fused-ring (bicyclic) bond motifs is 1. The zero-order valence-corrected chi connectivity index (χ0v) is 18.0. The topological polar surface area (TPSA) is 48.3 Å². The number of piperazine rings is 1. The molecule has 0 spiro atoms. The first-order chi connectivity index (χ1) is 14.2. The van der Waals surface area contributed by atoms with E-state index in [0.717, 1.165) is 38.3 Å². The van der Waals surface area contributed by atoms with Crippen molar-refractivity contribution in [1.29, 1.82) is 0 Å². The lowest BCUT2D eigenvalue weighted by Gasteiger charge is -2.33. The van der Waals surface area contributed by atoms with Crippen molar-refractivity contribution in [3.63, 3.8) is 0 Å². The van der Waals surface area contributed by atoms with Crippen LogP contribution in [0.3, 0.4) is 0 Å². The van der Waals surface area contributed by atoms with E-state index >= 15 is 0 Å². The van der Waals surface area contributed by atoms with Gasteiger partial charge in [-0.3, -0.25) is 9.91 Å². The van der Waals surface area contributed by atoms with E-state index < -0.39 is 0 Å². The minimum Gasteiger partial charge on any atom is -0.504 e. The van der Waals surface area contributed by atoms with Crippen LogP contribution in [0, 0.1) is 0 Å². The summed E-state index contributed by atoms with van der Waals surface area (Å²) < 4.78 is 5.44. The molecule has 5 nitrogen and oxygen atoms in total. The lowest BCUT2D eigenvalue weighted by molar-refractivity contribution is 0.131. The Labute approximate surface area is 184 Å². The van der Waals surface area contributed by atoms with Crippen LogP contribution >= 0.6 is 12.4 Å². The second-order valence-corrected chi connectivity index (χ2v) is 7.27. The van der Waals surface area contributed by atoms with Gasteiger partial charge in [-0.15, -0.1) is 12.4 Å². The zero-order chi connectivity index (χ0) is 20.1. The van der Waals surface area contributed by atoms with E-state index in [1.807, 2.05) is 25.3 Å². The molecule has 1 aliphatic rings. The molecule has 4 rings (SSSR count). The Balaban J connectivity index is 0.00000256.